The first-order chi connectivity index (χ1) is 8.27. The molecule has 0 saturated carbocycles. The average molecular weight is 250 g/mol. The van der Waals surface area contributed by atoms with E-state index in [4.69, 9.17) is 0 Å². The third kappa shape index (κ3) is 3.17. The first-order valence-electron chi connectivity index (χ1n) is 5.84. The Bertz CT molecular complexity index is 464. The molecule has 0 bridgehead atoms. The molecule has 0 aromatic carbocycles. The number of aliphatic hydroxyl groups is 1. The highest BCUT2D eigenvalue weighted by atomic mass is 16.6. The lowest BCUT2D eigenvalue weighted by atomic mass is 9.86. The lowest BCUT2D eigenvalue weighted by Gasteiger charge is -2.26. The molecule has 18 heavy (non-hydrogen) atoms. The molecule has 0 amide bonds. The summed E-state index contributed by atoms with van der Waals surface area (Å²) in [5.41, 5.74) is 0.839. The van der Waals surface area contributed by atoms with Crippen LogP contribution in [0, 0.1) is 0 Å². The van der Waals surface area contributed by atoms with E-state index in [-0.39, 0.29) is 0 Å². The molecular weight excluding hydrogens is 232 g/mol. The van der Waals surface area contributed by atoms with E-state index < -0.39 is 17.5 Å². The van der Waals surface area contributed by atoms with Crippen LogP contribution in [-0.4, -0.2) is 22.6 Å². The van der Waals surface area contributed by atoms with E-state index in [1.807, 2.05) is 6.92 Å². The fourth-order valence-electron chi connectivity index (χ4n) is 1.76. The van der Waals surface area contributed by atoms with Gasteiger partial charge < -0.3 is 9.84 Å². The molecule has 1 rings (SSSR count). The zero-order chi connectivity index (χ0) is 13.9. The summed E-state index contributed by atoms with van der Waals surface area (Å²) < 4.78 is 4.52. The molecule has 0 heterocycles. The van der Waals surface area contributed by atoms with Crippen LogP contribution < -0.4 is 0 Å². The second-order valence-electron chi connectivity index (χ2n) is 4.47. The van der Waals surface area contributed by atoms with Gasteiger partial charge in [0.2, 0.25) is 0 Å². The number of hydrogen-bond acceptors (Lipinski definition) is 4. The highest BCUT2D eigenvalue weighted by molar-refractivity contribution is 5.96. The summed E-state index contributed by atoms with van der Waals surface area (Å²) >= 11 is 0. The first-order valence-corrected chi connectivity index (χ1v) is 5.84. The van der Waals surface area contributed by atoms with Gasteiger partial charge in [-0.1, -0.05) is 19.1 Å². The molecule has 1 N–H and O–H groups in total. The van der Waals surface area contributed by atoms with E-state index in [1.165, 1.54) is 6.92 Å². The van der Waals surface area contributed by atoms with E-state index in [2.05, 4.69) is 4.74 Å². The summed E-state index contributed by atoms with van der Waals surface area (Å²) in [6.07, 6.45) is 5.73. The second kappa shape index (κ2) is 5.31. The summed E-state index contributed by atoms with van der Waals surface area (Å²) in [6.45, 7) is 6.40. The smallest absolute Gasteiger partial charge is 0.341 e. The molecule has 0 fully saturated rings. The molecule has 0 aromatic rings. The van der Waals surface area contributed by atoms with Crippen LogP contribution in [0.4, 0.5) is 0 Å². The molecule has 0 aromatic heterocycles. The standard InChI is InChI=1S/C14H18O4/c1-5-12-8-11(6-7-14(12,4)17)9(2)13(16)18-10(3)15/h6-8,17H,5H2,1-4H3. The van der Waals surface area contributed by atoms with Crippen molar-refractivity contribution in [1.82, 2.24) is 0 Å². The van der Waals surface area contributed by atoms with Crippen molar-refractivity contribution in [3.8, 4) is 0 Å². The molecular formula is C14H18O4. The Labute approximate surface area is 107 Å². The number of hydrogen-bond donors (Lipinski definition) is 1. The number of rotatable bonds is 2. The Balaban J connectivity index is 3.07. The van der Waals surface area contributed by atoms with Crippen LogP contribution in [0.15, 0.2) is 34.9 Å². The predicted octanol–water partition coefficient (Wildman–Crippen LogP) is 2.05. The third-order valence-corrected chi connectivity index (χ3v) is 2.92. The Morgan fingerprint density at radius 2 is 2.00 bits per heavy atom. The van der Waals surface area contributed by atoms with Crippen LogP contribution in [0.25, 0.3) is 0 Å². The van der Waals surface area contributed by atoms with Crippen molar-refractivity contribution in [3.63, 3.8) is 0 Å². The molecule has 98 valence electrons. The van der Waals surface area contributed by atoms with Gasteiger partial charge in [-0.25, -0.2) is 4.79 Å². The Kier molecular flexibility index (Phi) is 4.24. The van der Waals surface area contributed by atoms with Crippen LogP contribution in [0.5, 0.6) is 0 Å². The first kappa shape index (κ1) is 14.4. The Morgan fingerprint density at radius 1 is 1.39 bits per heavy atom. The topological polar surface area (TPSA) is 63.6 Å². The normalized spacial score (nSPS) is 25.5. The Morgan fingerprint density at radius 3 is 2.50 bits per heavy atom. The SMILES string of the molecule is CCC1=CC(=C(C)C(=O)OC(C)=O)C=CC1(C)O. The minimum atomic E-state index is -0.983. The van der Waals surface area contributed by atoms with Crippen molar-refractivity contribution in [2.24, 2.45) is 0 Å². The third-order valence-electron chi connectivity index (χ3n) is 2.92. The molecule has 0 spiro atoms. The van der Waals surface area contributed by atoms with Crippen LogP contribution in [-0.2, 0) is 14.3 Å². The summed E-state index contributed by atoms with van der Waals surface area (Å²) in [7, 11) is 0. The lowest BCUT2D eigenvalue weighted by molar-refractivity contribution is -0.155. The van der Waals surface area contributed by atoms with Gasteiger partial charge >= 0.3 is 11.9 Å². The fraction of sp³-hybridized carbons (Fsp3) is 0.429. The number of carbonyl (C=O) groups is 2. The van der Waals surface area contributed by atoms with Crippen molar-refractivity contribution in [3.05, 3.63) is 34.9 Å². The minimum absolute atomic E-state index is 0.350. The number of carbonyl (C=O) groups excluding carboxylic acids is 2. The molecule has 0 saturated heterocycles. The summed E-state index contributed by atoms with van der Waals surface area (Å²) in [4.78, 5) is 22.3. The van der Waals surface area contributed by atoms with Crippen molar-refractivity contribution in [1.29, 1.82) is 0 Å². The predicted molar refractivity (Wildman–Crippen MR) is 67.6 cm³/mol. The van der Waals surface area contributed by atoms with Gasteiger partial charge in [-0.3, -0.25) is 4.79 Å². The van der Waals surface area contributed by atoms with Gasteiger partial charge in [0.1, 0.15) is 5.60 Å². The summed E-state index contributed by atoms with van der Waals surface area (Å²) in [5, 5.41) is 10.1. The van der Waals surface area contributed by atoms with Gasteiger partial charge in [0.05, 0.1) is 0 Å². The van der Waals surface area contributed by atoms with Crippen molar-refractivity contribution < 1.29 is 19.4 Å². The summed E-state index contributed by atoms with van der Waals surface area (Å²) in [5.74, 6) is -1.29. The van der Waals surface area contributed by atoms with Gasteiger partial charge in [0, 0.05) is 12.5 Å². The van der Waals surface area contributed by atoms with Crippen LogP contribution >= 0.6 is 0 Å². The highest BCUT2D eigenvalue weighted by Crippen LogP contribution is 2.29. The van der Waals surface area contributed by atoms with Crippen molar-refractivity contribution >= 4 is 11.9 Å². The maximum atomic E-state index is 11.6. The molecule has 1 unspecified atom stereocenters. The van der Waals surface area contributed by atoms with E-state index in [9.17, 15) is 14.7 Å². The van der Waals surface area contributed by atoms with Crippen molar-refractivity contribution in [2.45, 2.75) is 39.7 Å². The molecule has 0 radical (unpaired) electrons. The molecule has 1 aliphatic rings. The number of allylic oxidation sites excluding steroid dienone is 3. The van der Waals surface area contributed by atoms with Crippen molar-refractivity contribution in [2.75, 3.05) is 0 Å². The zero-order valence-electron chi connectivity index (χ0n) is 11.1. The number of ether oxygens (including phenoxy) is 1. The van der Waals surface area contributed by atoms with E-state index >= 15 is 0 Å². The largest absolute Gasteiger partial charge is 0.390 e. The zero-order valence-corrected chi connectivity index (χ0v) is 11.1. The maximum absolute atomic E-state index is 11.6. The number of esters is 2. The van der Waals surface area contributed by atoms with Gasteiger partial charge in [0.15, 0.2) is 0 Å². The highest BCUT2D eigenvalue weighted by Gasteiger charge is 2.25. The molecule has 0 aliphatic heterocycles. The molecule has 1 aliphatic carbocycles. The molecule has 1 atom stereocenters. The van der Waals surface area contributed by atoms with Crippen LogP contribution in [0.3, 0.4) is 0 Å². The quantitative estimate of drug-likeness (QED) is 0.463. The van der Waals surface area contributed by atoms with E-state index in [0.29, 0.717) is 17.6 Å². The molecule has 4 nitrogen and oxygen atoms in total. The second-order valence-corrected chi connectivity index (χ2v) is 4.47. The van der Waals surface area contributed by atoms with Crippen LogP contribution in [0.1, 0.15) is 34.1 Å². The Hall–Kier alpha value is -1.68. The summed E-state index contributed by atoms with van der Waals surface area (Å²) in [6, 6.07) is 0. The van der Waals surface area contributed by atoms with E-state index in [1.54, 1.807) is 32.1 Å². The molecule has 4 heteroatoms. The van der Waals surface area contributed by atoms with Gasteiger partial charge in [-0.15, -0.1) is 0 Å². The minimum Gasteiger partial charge on any atom is -0.390 e. The van der Waals surface area contributed by atoms with Gasteiger partial charge in [0.25, 0.3) is 0 Å². The lowest BCUT2D eigenvalue weighted by Crippen LogP contribution is -2.26. The monoisotopic (exact) mass is 250 g/mol. The van der Waals surface area contributed by atoms with Gasteiger partial charge in [-0.05, 0) is 37.5 Å². The van der Waals surface area contributed by atoms with Gasteiger partial charge in [-0.2, -0.15) is 0 Å². The maximum Gasteiger partial charge on any atom is 0.341 e. The fourth-order valence-corrected chi connectivity index (χ4v) is 1.76. The van der Waals surface area contributed by atoms with E-state index in [0.717, 1.165) is 5.57 Å². The van der Waals surface area contributed by atoms with Crippen LogP contribution in [0.2, 0.25) is 0 Å². The average Bonchev–Trinajstić information content (AvgIpc) is 2.27.